The Hall–Kier alpha value is -3.28. The van der Waals surface area contributed by atoms with Gasteiger partial charge in [-0.2, -0.15) is 0 Å². The molecule has 1 aliphatic rings. The van der Waals surface area contributed by atoms with Crippen LogP contribution in [-0.2, 0) is 11.2 Å². The summed E-state index contributed by atoms with van der Waals surface area (Å²) < 4.78 is 0. The monoisotopic (exact) mass is 387 g/mol. The fourth-order valence-corrected chi connectivity index (χ4v) is 3.68. The number of nitrogens with zero attached hydrogens (tertiary/aromatic N) is 4. The Balaban J connectivity index is 1.32. The van der Waals surface area contributed by atoms with Crippen LogP contribution >= 0.6 is 0 Å². The van der Waals surface area contributed by atoms with Crippen LogP contribution in [0, 0.1) is 5.92 Å². The fourth-order valence-electron chi connectivity index (χ4n) is 3.68. The van der Waals surface area contributed by atoms with Gasteiger partial charge in [-0.1, -0.05) is 30.3 Å². The lowest BCUT2D eigenvalue weighted by atomic mass is 9.97. The smallest absolute Gasteiger partial charge is 0.224 e. The van der Waals surface area contributed by atoms with Crippen molar-refractivity contribution < 1.29 is 4.79 Å². The topological polar surface area (TPSA) is 71.0 Å². The number of benzene rings is 1. The molecule has 0 saturated carbocycles. The zero-order valence-corrected chi connectivity index (χ0v) is 16.4. The zero-order valence-electron chi connectivity index (χ0n) is 16.4. The van der Waals surface area contributed by atoms with Crippen LogP contribution in [0.2, 0.25) is 0 Å². The van der Waals surface area contributed by atoms with E-state index in [0.29, 0.717) is 13.1 Å². The average Bonchev–Trinajstić information content (AvgIpc) is 2.80. The lowest BCUT2D eigenvalue weighted by Gasteiger charge is -2.32. The van der Waals surface area contributed by atoms with Gasteiger partial charge in [0, 0.05) is 37.6 Å². The molecule has 0 aliphatic carbocycles. The van der Waals surface area contributed by atoms with E-state index in [1.54, 1.807) is 12.4 Å². The van der Waals surface area contributed by atoms with E-state index in [0.717, 1.165) is 42.9 Å². The number of piperidine rings is 1. The van der Waals surface area contributed by atoms with Gasteiger partial charge in [-0.25, -0.2) is 0 Å². The summed E-state index contributed by atoms with van der Waals surface area (Å²) in [6.07, 6.45) is 6.26. The maximum absolute atomic E-state index is 12.6. The molecule has 6 nitrogen and oxygen atoms in total. The van der Waals surface area contributed by atoms with Gasteiger partial charge in [0.25, 0.3) is 0 Å². The molecule has 1 unspecified atom stereocenters. The SMILES string of the molecule is O=C(NCCc1ccccc1)C1CCCN(c2ccc(-c3cccnc3)nn2)C1. The fraction of sp³-hybridized carbons (Fsp3) is 0.304. The number of carbonyl (C=O) groups is 1. The molecular weight excluding hydrogens is 362 g/mol. The molecule has 1 N–H and O–H groups in total. The molecule has 1 saturated heterocycles. The van der Waals surface area contributed by atoms with E-state index in [4.69, 9.17) is 0 Å². The second-order valence-electron chi connectivity index (χ2n) is 7.33. The highest BCUT2D eigenvalue weighted by Crippen LogP contribution is 2.23. The van der Waals surface area contributed by atoms with Crippen molar-refractivity contribution in [1.82, 2.24) is 20.5 Å². The minimum absolute atomic E-state index is 0.0145. The molecule has 1 amide bonds. The van der Waals surface area contributed by atoms with Crippen LogP contribution in [0.4, 0.5) is 5.82 Å². The molecule has 3 aromatic rings. The minimum atomic E-state index is -0.0145. The Morgan fingerprint density at radius 3 is 2.72 bits per heavy atom. The molecule has 1 fully saturated rings. The molecule has 1 aromatic carbocycles. The summed E-state index contributed by atoms with van der Waals surface area (Å²) >= 11 is 0. The normalized spacial score (nSPS) is 16.4. The van der Waals surface area contributed by atoms with Crippen molar-refractivity contribution in [2.24, 2.45) is 5.92 Å². The maximum atomic E-state index is 12.6. The summed E-state index contributed by atoms with van der Waals surface area (Å²) in [5.74, 6) is 0.935. The first-order valence-electron chi connectivity index (χ1n) is 10.1. The molecule has 0 spiro atoms. The first-order valence-corrected chi connectivity index (χ1v) is 10.1. The van der Waals surface area contributed by atoms with Gasteiger partial charge in [-0.05, 0) is 49.1 Å². The van der Waals surface area contributed by atoms with Crippen LogP contribution in [0.5, 0.6) is 0 Å². The van der Waals surface area contributed by atoms with E-state index in [2.05, 4.69) is 37.5 Å². The van der Waals surface area contributed by atoms with Gasteiger partial charge in [0.2, 0.25) is 5.91 Å². The molecule has 29 heavy (non-hydrogen) atoms. The molecule has 0 radical (unpaired) electrons. The highest BCUT2D eigenvalue weighted by atomic mass is 16.1. The Kier molecular flexibility index (Phi) is 6.10. The van der Waals surface area contributed by atoms with Crippen LogP contribution < -0.4 is 10.2 Å². The highest BCUT2D eigenvalue weighted by molar-refractivity contribution is 5.79. The number of pyridine rings is 1. The lowest BCUT2D eigenvalue weighted by Crippen LogP contribution is -2.43. The van der Waals surface area contributed by atoms with Gasteiger partial charge >= 0.3 is 0 Å². The van der Waals surface area contributed by atoms with E-state index < -0.39 is 0 Å². The summed E-state index contributed by atoms with van der Waals surface area (Å²) in [5, 5.41) is 11.8. The van der Waals surface area contributed by atoms with E-state index >= 15 is 0 Å². The van der Waals surface area contributed by atoms with Crippen molar-refractivity contribution in [2.45, 2.75) is 19.3 Å². The van der Waals surface area contributed by atoms with Gasteiger partial charge in [-0.3, -0.25) is 9.78 Å². The Labute approximate surface area is 171 Å². The molecule has 2 aromatic heterocycles. The van der Waals surface area contributed by atoms with Crippen LogP contribution in [0.1, 0.15) is 18.4 Å². The molecule has 3 heterocycles. The van der Waals surface area contributed by atoms with Crippen LogP contribution in [0.3, 0.4) is 0 Å². The maximum Gasteiger partial charge on any atom is 0.224 e. The van der Waals surface area contributed by atoms with Crippen molar-refractivity contribution in [3.8, 4) is 11.3 Å². The van der Waals surface area contributed by atoms with Crippen molar-refractivity contribution in [1.29, 1.82) is 0 Å². The molecule has 148 valence electrons. The average molecular weight is 387 g/mol. The van der Waals surface area contributed by atoms with Gasteiger partial charge < -0.3 is 10.2 Å². The molecule has 1 atom stereocenters. The number of hydrogen-bond donors (Lipinski definition) is 1. The van der Waals surface area contributed by atoms with E-state index in [1.807, 2.05) is 42.5 Å². The number of nitrogens with one attached hydrogen (secondary N) is 1. The first-order chi connectivity index (χ1) is 14.3. The Morgan fingerprint density at radius 1 is 1.07 bits per heavy atom. The molecule has 4 rings (SSSR count). The number of rotatable bonds is 6. The van der Waals surface area contributed by atoms with E-state index in [1.165, 1.54) is 5.56 Å². The molecule has 0 bridgehead atoms. The number of aromatic nitrogens is 3. The largest absolute Gasteiger partial charge is 0.355 e. The number of carbonyl (C=O) groups excluding carboxylic acids is 1. The summed E-state index contributed by atoms with van der Waals surface area (Å²) in [6.45, 7) is 2.24. The van der Waals surface area contributed by atoms with Crippen molar-refractivity contribution >= 4 is 11.7 Å². The van der Waals surface area contributed by atoms with Gasteiger partial charge in [0.1, 0.15) is 0 Å². The van der Waals surface area contributed by atoms with Crippen LogP contribution in [-0.4, -0.2) is 40.7 Å². The lowest BCUT2D eigenvalue weighted by molar-refractivity contribution is -0.125. The number of hydrogen-bond acceptors (Lipinski definition) is 5. The number of anilines is 1. The minimum Gasteiger partial charge on any atom is -0.355 e. The third kappa shape index (κ3) is 4.96. The van der Waals surface area contributed by atoms with Crippen molar-refractivity contribution in [3.63, 3.8) is 0 Å². The van der Waals surface area contributed by atoms with Gasteiger partial charge in [-0.15, -0.1) is 10.2 Å². The predicted molar refractivity (Wildman–Crippen MR) is 113 cm³/mol. The molecule has 6 heteroatoms. The second-order valence-corrected chi connectivity index (χ2v) is 7.33. The third-order valence-electron chi connectivity index (χ3n) is 5.28. The summed E-state index contributed by atoms with van der Waals surface area (Å²) in [7, 11) is 0. The second kappa shape index (κ2) is 9.28. The highest BCUT2D eigenvalue weighted by Gasteiger charge is 2.26. The zero-order chi connectivity index (χ0) is 19.9. The number of amides is 1. The predicted octanol–water partition coefficient (Wildman–Crippen LogP) is 3.11. The van der Waals surface area contributed by atoms with Crippen LogP contribution in [0.25, 0.3) is 11.3 Å². The Bertz CT molecular complexity index is 915. The van der Waals surface area contributed by atoms with Crippen molar-refractivity contribution in [2.75, 3.05) is 24.5 Å². The van der Waals surface area contributed by atoms with Gasteiger partial charge in [0.15, 0.2) is 5.82 Å². The quantitative estimate of drug-likeness (QED) is 0.704. The van der Waals surface area contributed by atoms with E-state index in [9.17, 15) is 4.79 Å². The van der Waals surface area contributed by atoms with Gasteiger partial charge in [0.05, 0.1) is 11.6 Å². The summed E-state index contributed by atoms with van der Waals surface area (Å²) in [4.78, 5) is 18.9. The van der Waals surface area contributed by atoms with Crippen LogP contribution in [0.15, 0.2) is 67.0 Å². The first kappa shape index (κ1) is 19.1. The molecular formula is C23H25N5O. The standard InChI is InChI=1S/C23H25N5O/c29-23(25-14-12-18-6-2-1-3-7-18)20-9-5-15-28(17-20)22-11-10-21(26-27-22)19-8-4-13-24-16-19/h1-4,6-8,10-11,13,16,20H,5,9,12,14-15,17H2,(H,25,29). The molecule has 1 aliphatic heterocycles. The third-order valence-corrected chi connectivity index (χ3v) is 5.28. The Morgan fingerprint density at radius 2 is 1.97 bits per heavy atom. The van der Waals surface area contributed by atoms with E-state index in [-0.39, 0.29) is 11.8 Å². The van der Waals surface area contributed by atoms with Crippen molar-refractivity contribution in [3.05, 3.63) is 72.6 Å². The summed E-state index contributed by atoms with van der Waals surface area (Å²) in [6, 6.07) is 18.0. The summed E-state index contributed by atoms with van der Waals surface area (Å²) in [5.41, 5.74) is 2.98.